The first-order valence-corrected chi connectivity index (χ1v) is 8.48. The third kappa shape index (κ3) is 4.30. The Morgan fingerprint density at radius 1 is 1.53 bits per heavy atom. The average Bonchev–Trinajstić information content (AvgIpc) is 2.74. The smallest absolute Gasteiger partial charge is 0.345 e. The van der Waals surface area contributed by atoms with Crippen LogP contribution in [0.4, 0.5) is 0 Å². The Bertz CT molecular complexity index is 480. The van der Waals surface area contributed by atoms with Gasteiger partial charge in [-0.3, -0.25) is 0 Å². The van der Waals surface area contributed by atoms with Crippen LogP contribution in [0, 0.1) is 0 Å². The number of hydrogen-bond acceptors (Lipinski definition) is 5. The number of carboxylic acid groups (broad SMARTS) is 1. The van der Waals surface area contributed by atoms with Gasteiger partial charge in [0.2, 0.25) is 10.0 Å². The van der Waals surface area contributed by atoms with Gasteiger partial charge in [0.25, 0.3) is 0 Å². The van der Waals surface area contributed by atoms with E-state index in [9.17, 15) is 13.2 Å². The van der Waals surface area contributed by atoms with Crippen LogP contribution in [0.5, 0.6) is 0 Å². The number of nitrogens with one attached hydrogen (secondary N) is 1. The van der Waals surface area contributed by atoms with Crippen LogP contribution in [0.3, 0.4) is 0 Å². The lowest BCUT2D eigenvalue weighted by atomic mass is 10.5. The maximum absolute atomic E-state index is 11.7. The molecule has 0 aliphatic heterocycles. The molecule has 1 rings (SSSR count). The molecule has 0 aliphatic rings. The van der Waals surface area contributed by atoms with E-state index in [0.717, 1.165) is 23.5 Å². The van der Waals surface area contributed by atoms with Crippen molar-refractivity contribution in [2.75, 3.05) is 18.6 Å². The first-order valence-electron chi connectivity index (χ1n) is 4.79. The molecule has 0 unspecified atom stereocenters. The van der Waals surface area contributed by atoms with Crippen molar-refractivity contribution >= 4 is 39.1 Å². The predicted molar refractivity (Wildman–Crippen MR) is 69.5 cm³/mol. The van der Waals surface area contributed by atoms with Gasteiger partial charge in [-0.1, -0.05) is 0 Å². The molecular weight excluding hydrogens is 282 g/mol. The number of aromatic carboxylic acids is 1. The molecule has 96 valence electrons. The van der Waals surface area contributed by atoms with Gasteiger partial charge >= 0.3 is 5.97 Å². The molecule has 8 heteroatoms. The molecule has 1 aromatic heterocycles. The minimum atomic E-state index is -3.56. The van der Waals surface area contributed by atoms with Crippen molar-refractivity contribution in [2.24, 2.45) is 0 Å². The number of sulfonamides is 1. The third-order valence-corrected chi connectivity index (χ3v) is 5.60. The Morgan fingerprint density at radius 2 is 2.24 bits per heavy atom. The zero-order valence-electron chi connectivity index (χ0n) is 9.17. The fourth-order valence-electron chi connectivity index (χ4n) is 1.07. The summed E-state index contributed by atoms with van der Waals surface area (Å²) >= 11 is 2.40. The van der Waals surface area contributed by atoms with Crippen molar-refractivity contribution in [3.8, 4) is 0 Å². The second-order valence-corrected chi connectivity index (χ2v) is 7.23. The van der Waals surface area contributed by atoms with Crippen molar-refractivity contribution in [1.82, 2.24) is 4.72 Å². The highest BCUT2D eigenvalue weighted by Gasteiger charge is 2.18. The minimum Gasteiger partial charge on any atom is -0.477 e. The molecule has 2 N–H and O–H groups in total. The number of hydrogen-bond donors (Lipinski definition) is 2. The largest absolute Gasteiger partial charge is 0.477 e. The van der Waals surface area contributed by atoms with Gasteiger partial charge in [0, 0.05) is 6.54 Å². The fraction of sp³-hybridized carbons (Fsp3) is 0.444. The lowest BCUT2D eigenvalue weighted by Crippen LogP contribution is -2.24. The number of thioether (sulfide) groups is 1. The number of thiophene rings is 1. The Hall–Kier alpha value is -0.570. The molecule has 0 radical (unpaired) electrons. The van der Waals surface area contributed by atoms with Gasteiger partial charge in [0.1, 0.15) is 9.09 Å². The minimum absolute atomic E-state index is 0.0227. The van der Waals surface area contributed by atoms with Gasteiger partial charge in [0.05, 0.1) is 0 Å². The molecule has 0 spiro atoms. The summed E-state index contributed by atoms with van der Waals surface area (Å²) < 4.78 is 25.9. The van der Waals surface area contributed by atoms with Crippen LogP contribution in [0.1, 0.15) is 16.1 Å². The van der Waals surface area contributed by atoms with E-state index in [1.165, 1.54) is 12.1 Å². The van der Waals surface area contributed by atoms with Crippen molar-refractivity contribution in [3.63, 3.8) is 0 Å². The Kier molecular flexibility index (Phi) is 5.44. The van der Waals surface area contributed by atoms with E-state index in [4.69, 9.17) is 5.11 Å². The summed E-state index contributed by atoms with van der Waals surface area (Å²) in [6.45, 7) is 0.365. The van der Waals surface area contributed by atoms with Crippen molar-refractivity contribution in [3.05, 3.63) is 17.0 Å². The van der Waals surface area contributed by atoms with Crippen LogP contribution in [-0.2, 0) is 10.0 Å². The van der Waals surface area contributed by atoms with E-state index in [1.807, 2.05) is 6.26 Å². The predicted octanol–water partition coefficient (Wildman–Crippen LogP) is 1.48. The Morgan fingerprint density at radius 3 is 2.76 bits per heavy atom. The molecule has 0 atom stereocenters. The van der Waals surface area contributed by atoms with Gasteiger partial charge in [-0.2, -0.15) is 11.8 Å². The standard InChI is InChI=1S/C9H13NO4S3/c1-15-6-2-5-10-17(13,14)8-4-3-7(16-8)9(11)12/h3-4,10H,2,5-6H2,1H3,(H,11,12). The number of carboxylic acids is 1. The maximum Gasteiger partial charge on any atom is 0.345 e. The first kappa shape index (κ1) is 14.5. The molecule has 0 aliphatic carbocycles. The molecule has 0 bridgehead atoms. The highest BCUT2D eigenvalue weighted by Crippen LogP contribution is 2.21. The monoisotopic (exact) mass is 295 g/mol. The fourth-order valence-corrected chi connectivity index (χ4v) is 3.77. The van der Waals surface area contributed by atoms with Gasteiger partial charge in [-0.25, -0.2) is 17.9 Å². The van der Waals surface area contributed by atoms with E-state index >= 15 is 0 Å². The number of rotatable bonds is 7. The summed E-state index contributed by atoms with van der Waals surface area (Å²) in [6, 6.07) is 2.61. The molecule has 0 amide bonds. The van der Waals surface area contributed by atoms with E-state index in [0.29, 0.717) is 6.54 Å². The molecule has 0 saturated carbocycles. The zero-order chi connectivity index (χ0) is 12.9. The molecular formula is C9H13NO4S3. The van der Waals surface area contributed by atoms with Gasteiger partial charge in [0.15, 0.2) is 0 Å². The lowest BCUT2D eigenvalue weighted by Gasteiger charge is -2.03. The van der Waals surface area contributed by atoms with Crippen LogP contribution < -0.4 is 4.72 Å². The molecule has 17 heavy (non-hydrogen) atoms. The molecule has 1 aromatic rings. The third-order valence-electron chi connectivity index (χ3n) is 1.87. The van der Waals surface area contributed by atoms with Crippen LogP contribution >= 0.6 is 23.1 Å². The maximum atomic E-state index is 11.7. The topological polar surface area (TPSA) is 83.5 Å². The molecule has 1 heterocycles. The van der Waals surface area contributed by atoms with Crippen LogP contribution in [0.25, 0.3) is 0 Å². The summed E-state index contributed by atoms with van der Waals surface area (Å²) in [4.78, 5) is 10.7. The van der Waals surface area contributed by atoms with E-state index in [1.54, 1.807) is 11.8 Å². The molecule has 0 fully saturated rings. The van der Waals surface area contributed by atoms with Crippen LogP contribution in [0.15, 0.2) is 16.3 Å². The molecule has 0 aromatic carbocycles. The van der Waals surface area contributed by atoms with Gasteiger partial charge < -0.3 is 5.11 Å². The van der Waals surface area contributed by atoms with Crippen LogP contribution in [-0.4, -0.2) is 38.0 Å². The van der Waals surface area contributed by atoms with Gasteiger partial charge in [-0.05, 0) is 30.6 Å². The second kappa shape index (κ2) is 6.39. The van der Waals surface area contributed by atoms with Crippen molar-refractivity contribution in [1.29, 1.82) is 0 Å². The lowest BCUT2D eigenvalue weighted by molar-refractivity contribution is 0.0702. The van der Waals surface area contributed by atoms with E-state index in [2.05, 4.69) is 4.72 Å². The highest BCUT2D eigenvalue weighted by atomic mass is 32.2. The molecule has 0 saturated heterocycles. The van der Waals surface area contributed by atoms with Crippen molar-refractivity contribution in [2.45, 2.75) is 10.6 Å². The quantitative estimate of drug-likeness (QED) is 0.744. The van der Waals surface area contributed by atoms with Gasteiger partial charge in [-0.15, -0.1) is 11.3 Å². The molecule has 5 nitrogen and oxygen atoms in total. The second-order valence-electron chi connectivity index (χ2n) is 3.17. The van der Waals surface area contributed by atoms with E-state index in [-0.39, 0.29) is 9.09 Å². The summed E-state index contributed by atoms with van der Waals surface area (Å²) in [5, 5.41) is 8.70. The summed E-state index contributed by atoms with van der Waals surface area (Å²) in [5.41, 5.74) is 0. The zero-order valence-corrected chi connectivity index (χ0v) is 11.6. The highest BCUT2D eigenvalue weighted by molar-refractivity contribution is 7.98. The van der Waals surface area contributed by atoms with Crippen molar-refractivity contribution < 1.29 is 18.3 Å². The first-order chi connectivity index (χ1) is 7.97. The Labute approximate surface area is 108 Å². The SMILES string of the molecule is CSCCCNS(=O)(=O)c1ccc(C(=O)O)s1. The summed E-state index contributed by atoms with van der Waals surface area (Å²) in [7, 11) is -3.56. The van der Waals surface area contributed by atoms with E-state index < -0.39 is 16.0 Å². The van der Waals surface area contributed by atoms with Crippen LogP contribution in [0.2, 0.25) is 0 Å². The number of carbonyl (C=O) groups is 1. The average molecular weight is 295 g/mol. The summed E-state index contributed by atoms with van der Waals surface area (Å²) in [5.74, 6) is -0.230. The summed E-state index contributed by atoms with van der Waals surface area (Å²) in [6.07, 6.45) is 2.70. The Balaban J connectivity index is 2.66. The normalized spacial score (nSPS) is 11.6.